The predicted molar refractivity (Wildman–Crippen MR) is 82.7 cm³/mol. The fourth-order valence-corrected chi connectivity index (χ4v) is 2.43. The summed E-state index contributed by atoms with van der Waals surface area (Å²) in [5.74, 6) is 0. The molecule has 0 saturated heterocycles. The Balaban J connectivity index is 2.44. The van der Waals surface area contributed by atoms with Gasteiger partial charge in [-0.25, -0.2) is 0 Å². The molecule has 0 aromatic carbocycles. The van der Waals surface area contributed by atoms with Gasteiger partial charge in [0.1, 0.15) is 0 Å². The lowest BCUT2D eigenvalue weighted by Crippen LogP contribution is -2.26. The van der Waals surface area contributed by atoms with Crippen LogP contribution in [0.5, 0.6) is 0 Å². The molecule has 0 aliphatic heterocycles. The third-order valence-electron chi connectivity index (χ3n) is 3.57. The molecule has 2 aromatic heterocycles. The first-order chi connectivity index (χ1) is 9.77. The van der Waals surface area contributed by atoms with E-state index in [2.05, 4.69) is 48.2 Å². The second-order valence-electron chi connectivity index (χ2n) is 5.02. The summed E-state index contributed by atoms with van der Waals surface area (Å²) in [5, 5.41) is 3.62. The summed E-state index contributed by atoms with van der Waals surface area (Å²) < 4.78 is 0. The van der Waals surface area contributed by atoms with Crippen molar-refractivity contribution < 1.29 is 0 Å². The van der Waals surface area contributed by atoms with Gasteiger partial charge in [0.2, 0.25) is 0 Å². The molecule has 3 nitrogen and oxygen atoms in total. The van der Waals surface area contributed by atoms with Crippen molar-refractivity contribution in [3.63, 3.8) is 0 Å². The number of hydrogen-bond donors (Lipinski definition) is 1. The van der Waals surface area contributed by atoms with Crippen LogP contribution in [0.4, 0.5) is 0 Å². The van der Waals surface area contributed by atoms with Crippen LogP contribution in [-0.2, 0) is 6.42 Å². The number of nitrogens with one attached hydrogen (secondary N) is 1. The number of aromatic nitrogens is 2. The van der Waals surface area contributed by atoms with Gasteiger partial charge in [0, 0.05) is 18.6 Å². The van der Waals surface area contributed by atoms with E-state index < -0.39 is 0 Å². The van der Waals surface area contributed by atoms with Crippen LogP contribution in [0.1, 0.15) is 48.7 Å². The molecular weight excluding hydrogens is 246 g/mol. The van der Waals surface area contributed by atoms with E-state index in [0.29, 0.717) is 0 Å². The van der Waals surface area contributed by atoms with Crippen molar-refractivity contribution >= 4 is 0 Å². The summed E-state index contributed by atoms with van der Waals surface area (Å²) in [7, 11) is 0. The first kappa shape index (κ1) is 14.7. The molecule has 1 atom stereocenters. The summed E-state index contributed by atoms with van der Waals surface area (Å²) in [6.07, 6.45) is 7.77. The van der Waals surface area contributed by atoms with Gasteiger partial charge in [-0.2, -0.15) is 0 Å². The van der Waals surface area contributed by atoms with Gasteiger partial charge in [0.05, 0.1) is 11.7 Å². The normalized spacial score (nSPS) is 12.3. The van der Waals surface area contributed by atoms with Gasteiger partial charge in [0.25, 0.3) is 0 Å². The fraction of sp³-hybridized carbons (Fsp3) is 0.412. The Hall–Kier alpha value is -1.74. The van der Waals surface area contributed by atoms with E-state index in [4.69, 9.17) is 0 Å². The monoisotopic (exact) mass is 269 g/mol. The highest BCUT2D eigenvalue weighted by Crippen LogP contribution is 2.25. The largest absolute Gasteiger partial charge is 0.305 e. The first-order valence-corrected chi connectivity index (χ1v) is 7.35. The van der Waals surface area contributed by atoms with Gasteiger partial charge in [0.15, 0.2) is 0 Å². The molecule has 0 bridgehead atoms. The molecule has 1 unspecified atom stereocenters. The molecule has 0 amide bonds. The predicted octanol–water partition coefficient (Wildman–Crippen LogP) is 3.44. The van der Waals surface area contributed by atoms with E-state index >= 15 is 0 Å². The minimum atomic E-state index is 0.125. The van der Waals surface area contributed by atoms with Crippen LogP contribution >= 0.6 is 0 Å². The second-order valence-corrected chi connectivity index (χ2v) is 5.02. The Bertz CT molecular complexity index is 551. The van der Waals surface area contributed by atoms with Gasteiger partial charge in [-0.1, -0.05) is 19.9 Å². The standard InChI is InChI=1S/C17H23N3/c1-4-9-19-17(15-12-18-11-8-13(15)3)16-14(5-2)7-6-10-20-16/h6-8,10-12,17,19H,4-5,9H2,1-3H3. The van der Waals surface area contributed by atoms with E-state index in [1.807, 2.05) is 24.7 Å². The zero-order valence-corrected chi connectivity index (χ0v) is 12.6. The third kappa shape index (κ3) is 3.23. The van der Waals surface area contributed by atoms with E-state index in [0.717, 1.165) is 25.1 Å². The van der Waals surface area contributed by atoms with Crippen LogP contribution in [0.2, 0.25) is 0 Å². The fourth-order valence-electron chi connectivity index (χ4n) is 2.43. The van der Waals surface area contributed by atoms with E-state index in [9.17, 15) is 0 Å². The highest BCUT2D eigenvalue weighted by molar-refractivity contribution is 5.35. The van der Waals surface area contributed by atoms with Gasteiger partial charge < -0.3 is 5.32 Å². The molecule has 2 heterocycles. The highest BCUT2D eigenvalue weighted by Gasteiger charge is 2.19. The van der Waals surface area contributed by atoms with Crippen molar-refractivity contribution in [2.24, 2.45) is 0 Å². The summed E-state index contributed by atoms with van der Waals surface area (Å²) >= 11 is 0. The van der Waals surface area contributed by atoms with Gasteiger partial charge in [-0.3, -0.25) is 9.97 Å². The first-order valence-electron chi connectivity index (χ1n) is 7.35. The van der Waals surface area contributed by atoms with Crippen LogP contribution in [0, 0.1) is 6.92 Å². The van der Waals surface area contributed by atoms with E-state index in [1.165, 1.54) is 16.7 Å². The van der Waals surface area contributed by atoms with Gasteiger partial charge >= 0.3 is 0 Å². The Kier molecular flexibility index (Phi) is 5.24. The molecule has 0 fully saturated rings. The van der Waals surface area contributed by atoms with Crippen LogP contribution < -0.4 is 5.32 Å². The smallest absolute Gasteiger partial charge is 0.0771 e. The molecule has 0 aliphatic rings. The molecule has 0 spiro atoms. The van der Waals surface area contributed by atoms with E-state index in [1.54, 1.807) is 0 Å². The van der Waals surface area contributed by atoms with E-state index in [-0.39, 0.29) is 6.04 Å². The number of aryl methyl sites for hydroxylation is 2. The van der Waals surface area contributed by atoms with Crippen molar-refractivity contribution in [3.8, 4) is 0 Å². The lowest BCUT2D eigenvalue weighted by atomic mass is 9.96. The minimum absolute atomic E-state index is 0.125. The molecule has 0 saturated carbocycles. The molecule has 0 aliphatic carbocycles. The molecule has 2 rings (SSSR count). The third-order valence-corrected chi connectivity index (χ3v) is 3.57. The van der Waals surface area contributed by atoms with Crippen molar-refractivity contribution in [1.29, 1.82) is 0 Å². The molecule has 3 heteroatoms. The second kappa shape index (κ2) is 7.15. The lowest BCUT2D eigenvalue weighted by molar-refractivity contribution is 0.578. The number of nitrogens with zero attached hydrogens (tertiary/aromatic N) is 2. The molecule has 1 N–H and O–H groups in total. The zero-order chi connectivity index (χ0) is 14.4. The summed E-state index contributed by atoms with van der Waals surface area (Å²) in [4.78, 5) is 8.92. The van der Waals surface area contributed by atoms with Crippen molar-refractivity contribution in [3.05, 3.63) is 59.2 Å². The Morgan fingerprint density at radius 3 is 2.75 bits per heavy atom. The number of hydrogen-bond acceptors (Lipinski definition) is 3. The highest BCUT2D eigenvalue weighted by atomic mass is 14.9. The summed E-state index contributed by atoms with van der Waals surface area (Å²) in [6, 6.07) is 6.36. The molecule has 20 heavy (non-hydrogen) atoms. The van der Waals surface area contributed by atoms with Gasteiger partial charge in [-0.15, -0.1) is 0 Å². The lowest BCUT2D eigenvalue weighted by Gasteiger charge is -2.22. The molecule has 2 aromatic rings. The maximum atomic E-state index is 4.63. The molecule has 106 valence electrons. The maximum absolute atomic E-state index is 4.63. The topological polar surface area (TPSA) is 37.8 Å². The summed E-state index contributed by atoms with van der Waals surface area (Å²) in [5.41, 5.74) is 4.89. The zero-order valence-electron chi connectivity index (χ0n) is 12.6. The van der Waals surface area contributed by atoms with Crippen LogP contribution in [0.15, 0.2) is 36.8 Å². The Morgan fingerprint density at radius 2 is 2.05 bits per heavy atom. The maximum Gasteiger partial charge on any atom is 0.0771 e. The van der Waals surface area contributed by atoms with Crippen LogP contribution in [0.25, 0.3) is 0 Å². The Labute approximate surface area is 121 Å². The minimum Gasteiger partial charge on any atom is -0.305 e. The van der Waals surface area contributed by atoms with Gasteiger partial charge in [-0.05, 0) is 55.1 Å². The number of pyridine rings is 2. The summed E-state index contributed by atoms with van der Waals surface area (Å²) in [6.45, 7) is 7.46. The average Bonchev–Trinajstić information content (AvgIpc) is 2.49. The SMILES string of the molecule is CCCNC(c1cnccc1C)c1ncccc1CC. The molecular formula is C17H23N3. The van der Waals surface area contributed by atoms with Crippen molar-refractivity contribution in [2.75, 3.05) is 6.54 Å². The number of rotatable bonds is 6. The molecule has 0 radical (unpaired) electrons. The van der Waals surface area contributed by atoms with Crippen LogP contribution in [-0.4, -0.2) is 16.5 Å². The quantitative estimate of drug-likeness (QED) is 0.873. The van der Waals surface area contributed by atoms with Crippen molar-refractivity contribution in [2.45, 2.75) is 39.7 Å². The van der Waals surface area contributed by atoms with Crippen LogP contribution in [0.3, 0.4) is 0 Å². The Morgan fingerprint density at radius 1 is 1.20 bits per heavy atom. The average molecular weight is 269 g/mol. The van der Waals surface area contributed by atoms with Crippen molar-refractivity contribution in [1.82, 2.24) is 15.3 Å².